The quantitative estimate of drug-likeness (QED) is 0.421. The lowest BCUT2D eigenvalue weighted by Crippen LogP contribution is -2.34. The summed E-state index contributed by atoms with van der Waals surface area (Å²) in [5.74, 6) is -1.23. The van der Waals surface area contributed by atoms with Crippen molar-refractivity contribution >= 4 is 39.1 Å². The first-order valence-corrected chi connectivity index (χ1v) is 11.5. The van der Waals surface area contributed by atoms with Crippen LogP contribution in [0, 0.1) is 5.82 Å². The number of nitrogens with zero attached hydrogens (tertiary/aromatic N) is 5. The molecule has 2 aromatic heterocycles. The van der Waals surface area contributed by atoms with Gasteiger partial charge in [-0.15, -0.1) is 0 Å². The molecule has 3 heterocycles. The van der Waals surface area contributed by atoms with Crippen molar-refractivity contribution < 1.29 is 14.3 Å². The summed E-state index contributed by atoms with van der Waals surface area (Å²) in [6.45, 7) is 1.71. The van der Waals surface area contributed by atoms with E-state index in [0.717, 1.165) is 30.6 Å². The van der Waals surface area contributed by atoms with Gasteiger partial charge in [0.1, 0.15) is 22.3 Å². The third kappa shape index (κ3) is 3.63. The van der Waals surface area contributed by atoms with Crippen LogP contribution in [-0.4, -0.2) is 55.7 Å². The van der Waals surface area contributed by atoms with E-state index in [1.54, 1.807) is 37.1 Å². The number of phenols is 1. The Labute approximate surface area is 195 Å². The Morgan fingerprint density at radius 3 is 2.62 bits per heavy atom. The summed E-state index contributed by atoms with van der Waals surface area (Å²) in [5.41, 5.74) is 1.86. The highest BCUT2D eigenvalue weighted by molar-refractivity contribution is 6.16. The standard InChI is InChI=1S/C24H26FN7O2/c1-30-10-13-7-16(8-18(25)22(13)28-30)27-24(34)21-20(33)9-19(17-12-31(2)29-23(17)21)32-6-5-15(11-32)26-14-3-4-14/h7-10,12,14-15,26,33H,3-6,11H2,1-2H3,(H,27,34). The molecule has 2 fully saturated rings. The van der Waals surface area contributed by atoms with E-state index in [-0.39, 0.29) is 22.5 Å². The van der Waals surface area contributed by atoms with Gasteiger partial charge < -0.3 is 20.6 Å². The van der Waals surface area contributed by atoms with E-state index < -0.39 is 11.7 Å². The monoisotopic (exact) mass is 463 g/mol. The van der Waals surface area contributed by atoms with Gasteiger partial charge in [0.15, 0.2) is 5.82 Å². The van der Waals surface area contributed by atoms with E-state index in [9.17, 15) is 14.3 Å². The van der Waals surface area contributed by atoms with Gasteiger partial charge in [-0.25, -0.2) is 4.39 Å². The topological polar surface area (TPSA) is 100 Å². The van der Waals surface area contributed by atoms with Crippen molar-refractivity contribution in [2.45, 2.75) is 31.3 Å². The van der Waals surface area contributed by atoms with Crippen LogP contribution >= 0.6 is 0 Å². The van der Waals surface area contributed by atoms with Crippen LogP contribution in [0.2, 0.25) is 0 Å². The van der Waals surface area contributed by atoms with Crippen molar-refractivity contribution in [1.29, 1.82) is 0 Å². The SMILES string of the molecule is Cn1cc2cc(NC(=O)c3c(O)cc(N4CCC(NC5CC5)C4)c4cn(C)nc34)cc(F)c2n1. The fraction of sp³-hybridized carbons (Fsp3) is 0.375. The molecule has 1 saturated heterocycles. The van der Waals surface area contributed by atoms with Crippen LogP contribution in [0.5, 0.6) is 5.75 Å². The summed E-state index contributed by atoms with van der Waals surface area (Å²) in [4.78, 5) is 15.5. The van der Waals surface area contributed by atoms with Gasteiger partial charge in [-0.1, -0.05) is 0 Å². The highest BCUT2D eigenvalue weighted by Gasteiger charge is 2.31. The minimum Gasteiger partial charge on any atom is -0.507 e. The normalized spacial score (nSPS) is 18.3. The van der Waals surface area contributed by atoms with Crippen LogP contribution in [0.4, 0.5) is 15.8 Å². The molecular formula is C24H26FN7O2. The molecule has 4 aromatic rings. The van der Waals surface area contributed by atoms with E-state index in [1.165, 1.54) is 23.6 Å². The van der Waals surface area contributed by atoms with Crippen LogP contribution in [0.1, 0.15) is 29.6 Å². The number of carbonyl (C=O) groups is 1. The van der Waals surface area contributed by atoms with E-state index in [2.05, 4.69) is 25.7 Å². The van der Waals surface area contributed by atoms with Crippen molar-refractivity contribution in [3.63, 3.8) is 0 Å². The second-order valence-corrected chi connectivity index (χ2v) is 9.38. The largest absolute Gasteiger partial charge is 0.507 e. The van der Waals surface area contributed by atoms with Crippen LogP contribution in [0.25, 0.3) is 21.8 Å². The van der Waals surface area contributed by atoms with Crippen molar-refractivity contribution in [1.82, 2.24) is 24.9 Å². The van der Waals surface area contributed by atoms with Crippen molar-refractivity contribution in [2.75, 3.05) is 23.3 Å². The maximum atomic E-state index is 14.5. The first-order valence-electron chi connectivity index (χ1n) is 11.5. The number of carbonyl (C=O) groups excluding carboxylic acids is 1. The maximum Gasteiger partial charge on any atom is 0.261 e. The Hall–Kier alpha value is -3.66. The molecule has 0 bridgehead atoms. The number of anilines is 2. The summed E-state index contributed by atoms with van der Waals surface area (Å²) in [7, 11) is 3.50. The van der Waals surface area contributed by atoms with Crippen LogP contribution in [0.15, 0.2) is 30.6 Å². The summed E-state index contributed by atoms with van der Waals surface area (Å²) < 4.78 is 17.6. The molecule has 2 aromatic carbocycles. The Kier molecular flexibility index (Phi) is 4.73. The Morgan fingerprint density at radius 2 is 1.82 bits per heavy atom. The lowest BCUT2D eigenvalue weighted by molar-refractivity contribution is 0.102. The molecular weight excluding hydrogens is 437 g/mol. The van der Waals surface area contributed by atoms with Gasteiger partial charge in [-0.05, 0) is 31.4 Å². The highest BCUT2D eigenvalue weighted by Crippen LogP contribution is 2.37. The number of rotatable bonds is 5. The third-order valence-corrected chi connectivity index (χ3v) is 6.61. The Morgan fingerprint density at radius 1 is 1.06 bits per heavy atom. The molecule has 6 rings (SSSR count). The molecule has 0 spiro atoms. The predicted molar refractivity (Wildman–Crippen MR) is 128 cm³/mol. The number of fused-ring (bicyclic) bond motifs is 2. The molecule has 34 heavy (non-hydrogen) atoms. The zero-order valence-electron chi connectivity index (χ0n) is 19.0. The molecule has 176 valence electrons. The number of aryl methyl sites for hydroxylation is 2. The fourth-order valence-corrected chi connectivity index (χ4v) is 4.92. The van der Waals surface area contributed by atoms with E-state index in [1.807, 2.05) is 6.20 Å². The second-order valence-electron chi connectivity index (χ2n) is 9.38. The second kappa shape index (κ2) is 7.69. The Bertz CT molecular complexity index is 1440. The zero-order valence-corrected chi connectivity index (χ0v) is 19.0. The van der Waals surface area contributed by atoms with Crippen LogP contribution in [-0.2, 0) is 14.1 Å². The minimum absolute atomic E-state index is 0.0675. The molecule has 1 amide bonds. The smallest absolute Gasteiger partial charge is 0.261 e. The first-order chi connectivity index (χ1) is 16.4. The van der Waals surface area contributed by atoms with Gasteiger partial charge in [-0.3, -0.25) is 14.2 Å². The number of phenolic OH excluding ortho intramolecular Hbond substituents is 1. The molecule has 1 aliphatic heterocycles. The van der Waals surface area contributed by atoms with Crippen LogP contribution in [0.3, 0.4) is 0 Å². The summed E-state index contributed by atoms with van der Waals surface area (Å²) in [6.07, 6.45) is 7.06. The average Bonchev–Trinajstić information content (AvgIpc) is 3.13. The molecule has 10 heteroatoms. The lowest BCUT2D eigenvalue weighted by Gasteiger charge is -2.21. The first kappa shape index (κ1) is 20.9. The summed E-state index contributed by atoms with van der Waals surface area (Å²) >= 11 is 0. The highest BCUT2D eigenvalue weighted by atomic mass is 19.1. The Balaban J connectivity index is 1.33. The zero-order chi connectivity index (χ0) is 23.6. The van der Waals surface area contributed by atoms with Crippen molar-refractivity contribution in [2.24, 2.45) is 14.1 Å². The molecule has 1 aliphatic carbocycles. The average molecular weight is 464 g/mol. The molecule has 3 N–H and O–H groups in total. The number of aromatic nitrogens is 4. The van der Waals surface area contributed by atoms with Crippen molar-refractivity contribution in [3.8, 4) is 5.75 Å². The molecule has 2 aliphatic rings. The number of amides is 1. The molecule has 9 nitrogen and oxygen atoms in total. The van der Waals surface area contributed by atoms with Gasteiger partial charge in [0, 0.05) is 74.2 Å². The number of benzene rings is 2. The third-order valence-electron chi connectivity index (χ3n) is 6.61. The van der Waals surface area contributed by atoms with Gasteiger partial charge in [0.05, 0.1) is 5.69 Å². The lowest BCUT2D eigenvalue weighted by atomic mass is 10.1. The number of hydrogen-bond acceptors (Lipinski definition) is 6. The fourth-order valence-electron chi connectivity index (χ4n) is 4.92. The van der Waals surface area contributed by atoms with Crippen LogP contribution < -0.4 is 15.5 Å². The molecule has 1 saturated carbocycles. The van der Waals surface area contributed by atoms with Gasteiger partial charge in [0.25, 0.3) is 5.91 Å². The number of nitrogens with one attached hydrogen (secondary N) is 2. The number of halogens is 1. The molecule has 0 radical (unpaired) electrons. The molecule has 1 unspecified atom stereocenters. The van der Waals surface area contributed by atoms with E-state index in [0.29, 0.717) is 23.0 Å². The molecule has 1 atom stereocenters. The minimum atomic E-state index is -0.551. The van der Waals surface area contributed by atoms with Gasteiger partial charge in [-0.2, -0.15) is 10.2 Å². The van der Waals surface area contributed by atoms with Crippen molar-refractivity contribution in [3.05, 3.63) is 42.0 Å². The summed E-state index contributed by atoms with van der Waals surface area (Å²) in [6, 6.07) is 5.58. The number of aromatic hydroxyl groups is 1. The summed E-state index contributed by atoms with van der Waals surface area (Å²) in [5, 5.41) is 27.2. The van der Waals surface area contributed by atoms with E-state index in [4.69, 9.17) is 0 Å². The maximum absolute atomic E-state index is 14.5. The van der Waals surface area contributed by atoms with Gasteiger partial charge in [0.2, 0.25) is 0 Å². The van der Waals surface area contributed by atoms with E-state index >= 15 is 0 Å². The predicted octanol–water partition coefficient (Wildman–Crippen LogP) is 2.89. The van der Waals surface area contributed by atoms with Gasteiger partial charge >= 0.3 is 0 Å². The number of hydrogen-bond donors (Lipinski definition) is 3.